The molecule has 0 spiro atoms. The molecule has 1 N–H and O–H groups in total. The first-order valence-electron chi connectivity index (χ1n) is 9.15. The third-order valence-electron chi connectivity index (χ3n) is 4.09. The second-order valence-electron chi connectivity index (χ2n) is 6.63. The standard InChI is InChI=1S/C22H22N2O4S/c1-14-7-6-8-17(11-14)23-21(25)16(3)27-22(26)19-9-4-5-10-20(19)29-13-18-12-15(2)24-28-18/h4-12,16H,13H2,1-3H3,(H,23,25). The average molecular weight is 410 g/mol. The highest BCUT2D eigenvalue weighted by atomic mass is 32.2. The van der Waals surface area contributed by atoms with Crippen LogP contribution in [-0.2, 0) is 15.3 Å². The third-order valence-corrected chi connectivity index (χ3v) is 5.19. The summed E-state index contributed by atoms with van der Waals surface area (Å²) in [7, 11) is 0. The highest BCUT2D eigenvalue weighted by Gasteiger charge is 2.21. The van der Waals surface area contributed by atoms with Crippen molar-refractivity contribution in [2.45, 2.75) is 37.5 Å². The van der Waals surface area contributed by atoms with Gasteiger partial charge in [0.15, 0.2) is 6.10 Å². The van der Waals surface area contributed by atoms with E-state index in [1.165, 1.54) is 11.8 Å². The number of amides is 1. The van der Waals surface area contributed by atoms with Gasteiger partial charge in [0.25, 0.3) is 5.91 Å². The summed E-state index contributed by atoms with van der Waals surface area (Å²) in [5.41, 5.74) is 2.90. The minimum absolute atomic E-state index is 0.383. The van der Waals surface area contributed by atoms with Crippen molar-refractivity contribution in [1.82, 2.24) is 5.16 Å². The summed E-state index contributed by atoms with van der Waals surface area (Å²) >= 11 is 1.45. The van der Waals surface area contributed by atoms with Crippen LogP contribution >= 0.6 is 11.8 Å². The summed E-state index contributed by atoms with van der Waals surface area (Å²) < 4.78 is 10.6. The maximum Gasteiger partial charge on any atom is 0.340 e. The van der Waals surface area contributed by atoms with E-state index >= 15 is 0 Å². The van der Waals surface area contributed by atoms with Crippen LogP contribution in [-0.4, -0.2) is 23.1 Å². The second-order valence-corrected chi connectivity index (χ2v) is 7.64. The Morgan fingerprint density at radius 1 is 1.14 bits per heavy atom. The van der Waals surface area contributed by atoms with E-state index in [1.807, 2.05) is 50.2 Å². The molecular weight excluding hydrogens is 388 g/mol. The lowest BCUT2D eigenvalue weighted by Crippen LogP contribution is -2.30. The average Bonchev–Trinajstić information content (AvgIpc) is 3.11. The molecule has 3 rings (SSSR count). The zero-order chi connectivity index (χ0) is 20.8. The molecule has 1 aromatic heterocycles. The first kappa shape index (κ1) is 20.7. The molecule has 1 unspecified atom stereocenters. The summed E-state index contributed by atoms with van der Waals surface area (Å²) in [4.78, 5) is 25.8. The molecule has 3 aromatic rings. The van der Waals surface area contributed by atoms with Gasteiger partial charge in [-0.25, -0.2) is 4.79 Å². The molecule has 0 aliphatic carbocycles. The molecule has 2 aromatic carbocycles. The van der Waals surface area contributed by atoms with Gasteiger partial charge in [0.05, 0.1) is 17.0 Å². The molecule has 0 aliphatic heterocycles. The van der Waals surface area contributed by atoms with Crippen LogP contribution in [0.15, 0.2) is 64.0 Å². The van der Waals surface area contributed by atoms with E-state index in [4.69, 9.17) is 9.26 Å². The van der Waals surface area contributed by atoms with Gasteiger partial charge in [-0.1, -0.05) is 29.4 Å². The van der Waals surface area contributed by atoms with E-state index in [9.17, 15) is 9.59 Å². The van der Waals surface area contributed by atoms with Gasteiger partial charge in [-0.2, -0.15) is 0 Å². The van der Waals surface area contributed by atoms with Crippen molar-refractivity contribution in [1.29, 1.82) is 0 Å². The molecule has 0 fully saturated rings. The summed E-state index contributed by atoms with van der Waals surface area (Å²) in [5, 5.41) is 6.62. The predicted molar refractivity (Wildman–Crippen MR) is 112 cm³/mol. The third kappa shape index (κ3) is 5.71. The zero-order valence-electron chi connectivity index (χ0n) is 16.5. The van der Waals surface area contributed by atoms with Crippen LogP contribution in [0.5, 0.6) is 0 Å². The Morgan fingerprint density at radius 3 is 2.66 bits per heavy atom. The van der Waals surface area contributed by atoms with Crippen molar-refractivity contribution < 1.29 is 18.8 Å². The van der Waals surface area contributed by atoms with Crippen LogP contribution < -0.4 is 5.32 Å². The summed E-state index contributed by atoms with van der Waals surface area (Å²) in [6.07, 6.45) is -0.932. The number of thioether (sulfide) groups is 1. The summed E-state index contributed by atoms with van der Waals surface area (Å²) in [5.74, 6) is 0.329. The number of carbonyl (C=O) groups excluding carboxylic acids is 2. The topological polar surface area (TPSA) is 81.4 Å². The molecule has 1 heterocycles. The quantitative estimate of drug-likeness (QED) is 0.446. The number of benzene rings is 2. The van der Waals surface area contributed by atoms with E-state index in [0.717, 1.165) is 21.9 Å². The van der Waals surface area contributed by atoms with Crippen molar-refractivity contribution in [3.8, 4) is 0 Å². The fourth-order valence-electron chi connectivity index (χ4n) is 2.64. The lowest BCUT2D eigenvalue weighted by Gasteiger charge is -2.15. The molecule has 0 aliphatic rings. The van der Waals surface area contributed by atoms with Crippen molar-refractivity contribution in [3.05, 3.63) is 77.2 Å². The minimum atomic E-state index is -0.932. The van der Waals surface area contributed by atoms with Gasteiger partial charge < -0.3 is 14.6 Å². The van der Waals surface area contributed by atoms with Crippen LogP contribution in [0.2, 0.25) is 0 Å². The van der Waals surface area contributed by atoms with Gasteiger partial charge in [0, 0.05) is 16.6 Å². The van der Waals surface area contributed by atoms with Crippen LogP contribution in [0.3, 0.4) is 0 Å². The number of ether oxygens (including phenoxy) is 1. The Hall–Kier alpha value is -3.06. The van der Waals surface area contributed by atoms with Crippen LogP contribution in [0.25, 0.3) is 0 Å². The monoisotopic (exact) mass is 410 g/mol. The van der Waals surface area contributed by atoms with Gasteiger partial charge in [-0.15, -0.1) is 11.8 Å². The van der Waals surface area contributed by atoms with Crippen molar-refractivity contribution in [2.24, 2.45) is 0 Å². The van der Waals surface area contributed by atoms with Gasteiger partial charge in [0.1, 0.15) is 5.76 Å². The van der Waals surface area contributed by atoms with Crippen LogP contribution in [0.1, 0.15) is 34.3 Å². The SMILES string of the molecule is Cc1cccc(NC(=O)C(C)OC(=O)c2ccccc2SCc2cc(C)no2)c1. The Morgan fingerprint density at radius 2 is 1.93 bits per heavy atom. The fraction of sp³-hybridized carbons (Fsp3) is 0.227. The highest BCUT2D eigenvalue weighted by molar-refractivity contribution is 7.98. The molecule has 1 atom stereocenters. The first-order valence-corrected chi connectivity index (χ1v) is 10.1. The van der Waals surface area contributed by atoms with Crippen LogP contribution in [0.4, 0.5) is 5.69 Å². The molecule has 0 bridgehead atoms. The Kier molecular flexibility index (Phi) is 6.72. The molecule has 7 heteroatoms. The summed E-state index contributed by atoms with van der Waals surface area (Å²) in [6, 6.07) is 16.4. The Balaban J connectivity index is 1.63. The van der Waals surface area contributed by atoms with Gasteiger partial charge >= 0.3 is 5.97 Å². The summed E-state index contributed by atoms with van der Waals surface area (Å²) in [6.45, 7) is 5.34. The molecule has 6 nitrogen and oxygen atoms in total. The smallest absolute Gasteiger partial charge is 0.340 e. The van der Waals surface area contributed by atoms with Gasteiger partial charge in [-0.05, 0) is 50.6 Å². The number of carbonyl (C=O) groups is 2. The molecule has 0 saturated heterocycles. The van der Waals surface area contributed by atoms with Crippen molar-refractivity contribution >= 4 is 29.3 Å². The molecule has 1 amide bonds. The van der Waals surface area contributed by atoms with Crippen molar-refractivity contribution in [3.63, 3.8) is 0 Å². The normalized spacial score (nSPS) is 11.7. The number of nitrogens with zero attached hydrogens (tertiary/aromatic N) is 1. The molecule has 0 radical (unpaired) electrons. The largest absolute Gasteiger partial charge is 0.449 e. The van der Waals surface area contributed by atoms with E-state index in [0.29, 0.717) is 17.0 Å². The second kappa shape index (κ2) is 9.43. The van der Waals surface area contributed by atoms with E-state index in [-0.39, 0.29) is 5.91 Å². The number of aromatic nitrogens is 1. The van der Waals surface area contributed by atoms with Crippen LogP contribution in [0, 0.1) is 13.8 Å². The number of hydrogen-bond donors (Lipinski definition) is 1. The van der Waals surface area contributed by atoms with Gasteiger partial charge in [-0.3, -0.25) is 4.79 Å². The maximum atomic E-state index is 12.7. The maximum absolute atomic E-state index is 12.7. The molecular formula is C22H22N2O4S. The Labute approximate surface area is 173 Å². The first-order chi connectivity index (χ1) is 13.9. The highest BCUT2D eigenvalue weighted by Crippen LogP contribution is 2.27. The molecule has 0 saturated carbocycles. The Bertz CT molecular complexity index is 1020. The van der Waals surface area contributed by atoms with Crippen molar-refractivity contribution in [2.75, 3.05) is 5.32 Å². The number of aryl methyl sites for hydroxylation is 2. The number of rotatable bonds is 7. The van der Waals surface area contributed by atoms with E-state index < -0.39 is 12.1 Å². The van der Waals surface area contributed by atoms with Gasteiger partial charge in [0.2, 0.25) is 0 Å². The fourth-order valence-corrected chi connectivity index (χ4v) is 3.55. The molecule has 29 heavy (non-hydrogen) atoms. The number of esters is 1. The number of anilines is 1. The van der Waals surface area contributed by atoms with E-state index in [1.54, 1.807) is 25.1 Å². The zero-order valence-corrected chi connectivity index (χ0v) is 17.3. The lowest BCUT2D eigenvalue weighted by atomic mass is 10.2. The van der Waals surface area contributed by atoms with E-state index in [2.05, 4.69) is 10.5 Å². The lowest BCUT2D eigenvalue weighted by molar-refractivity contribution is -0.123. The minimum Gasteiger partial charge on any atom is -0.449 e. The number of nitrogens with one attached hydrogen (secondary N) is 1. The molecule has 150 valence electrons. The number of hydrogen-bond acceptors (Lipinski definition) is 6. The predicted octanol–water partition coefficient (Wildman–Crippen LogP) is 4.77.